The van der Waals surface area contributed by atoms with Crippen LogP contribution in [0.2, 0.25) is 0 Å². The first-order valence-corrected chi connectivity index (χ1v) is 3.16. The topological polar surface area (TPSA) is 0 Å². The molecule has 0 rings (SSSR count). The lowest BCUT2D eigenvalue weighted by atomic mass is 11.7. The molecule has 5 heteroatoms. The van der Waals surface area contributed by atoms with Gasteiger partial charge in [0.1, 0.15) is 0 Å². The van der Waals surface area contributed by atoms with E-state index in [-0.39, 0.29) is 11.8 Å². The Hall–Kier alpha value is 0.790. The van der Waals surface area contributed by atoms with Gasteiger partial charge in [-0.2, -0.15) is 0 Å². The van der Waals surface area contributed by atoms with Crippen molar-refractivity contribution in [2.75, 3.05) is 0 Å². The monoisotopic (exact) mass is 166 g/mol. The normalized spacial score (nSPS) is 18.9. The van der Waals surface area contributed by atoms with E-state index in [9.17, 15) is 8.78 Å². The molecule has 0 heterocycles. The summed E-state index contributed by atoms with van der Waals surface area (Å²) in [5, 5.41) is 0. The average molecular weight is 167 g/mol. The molecule has 2 unspecified atom stereocenters. The first-order valence-electron chi connectivity index (χ1n) is 1.34. The van der Waals surface area contributed by atoms with Crippen LogP contribution in [0.3, 0.4) is 0 Å². The third-order valence-electron chi connectivity index (χ3n) is 0.206. The molecule has 7 heavy (non-hydrogen) atoms. The van der Waals surface area contributed by atoms with Crippen LogP contribution in [0.4, 0.5) is 8.78 Å². The SMILES string of the molecule is FC(Cl)SC(F)Cl. The van der Waals surface area contributed by atoms with E-state index in [1.54, 1.807) is 0 Å². The molecule has 0 amide bonds. The molecule has 0 fully saturated rings. The Morgan fingerprint density at radius 3 is 1.43 bits per heavy atom. The van der Waals surface area contributed by atoms with Crippen molar-refractivity contribution < 1.29 is 8.78 Å². The van der Waals surface area contributed by atoms with Crippen molar-refractivity contribution in [1.29, 1.82) is 0 Å². The molecule has 0 nitrogen and oxygen atoms in total. The van der Waals surface area contributed by atoms with Crippen molar-refractivity contribution in [3.05, 3.63) is 0 Å². The van der Waals surface area contributed by atoms with Gasteiger partial charge in [-0.15, -0.1) is 0 Å². The Morgan fingerprint density at radius 1 is 1.14 bits per heavy atom. The van der Waals surface area contributed by atoms with Gasteiger partial charge in [0.25, 0.3) is 0 Å². The fourth-order valence-electron chi connectivity index (χ4n) is 0.0778. The van der Waals surface area contributed by atoms with E-state index in [1.807, 2.05) is 0 Å². The van der Waals surface area contributed by atoms with Crippen molar-refractivity contribution >= 4 is 35.0 Å². The maximum atomic E-state index is 11.4. The van der Waals surface area contributed by atoms with E-state index in [0.29, 0.717) is 0 Å². The van der Waals surface area contributed by atoms with Gasteiger partial charge in [0.05, 0.1) is 0 Å². The zero-order chi connectivity index (χ0) is 5.86. The van der Waals surface area contributed by atoms with Gasteiger partial charge in [0, 0.05) is 0 Å². The lowest BCUT2D eigenvalue weighted by Gasteiger charge is -1.95. The smallest absolute Gasteiger partial charge is 0.218 e. The first kappa shape index (κ1) is 7.79. The zero-order valence-electron chi connectivity index (χ0n) is 3.07. The molecule has 0 aromatic rings. The summed E-state index contributed by atoms with van der Waals surface area (Å²) in [5.74, 6) is 0. The van der Waals surface area contributed by atoms with Crippen LogP contribution < -0.4 is 0 Å². The zero-order valence-corrected chi connectivity index (χ0v) is 5.40. The molecule has 0 bridgehead atoms. The molecular formula is C2H2Cl2F2S. The molecular weight excluding hydrogens is 165 g/mol. The second-order valence-electron chi connectivity index (χ2n) is 0.657. The third-order valence-corrected chi connectivity index (χ3v) is 1.23. The highest BCUT2D eigenvalue weighted by atomic mass is 35.5. The number of hydrogen-bond donors (Lipinski definition) is 0. The minimum Gasteiger partial charge on any atom is -0.218 e. The number of hydrogen-bond acceptors (Lipinski definition) is 1. The summed E-state index contributed by atoms with van der Waals surface area (Å²) < 4.78 is 22.7. The largest absolute Gasteiger partial charge is 0.223 e. The van der Waals surface area contributed by atoms with Crippen molar-refractivity contribution in [3.8, 4) is 0 Å². The third kappa shape index (κ3) is 6.79. The minimum atomic E-state index is -1.74. The quantitative estimate of drug-likeness (QED) is 0.569. The number of thioether (sulfide) groups is 1. The molecule has 0 aliphatic heterocycles. The molecule has 0 aliphatic rings. The summed E-state index contributed by atoms with van der Waals surface area (Å²) in [6, 6.07) is 0. The van der Waals surface area contributed by atoms with Gasteiger partial charge in [-0.1, -0.05) is 35.0 Å². The van der Waals surface area contributed by atoms with Crippen LogP contribution in [0.15, 0.2) is 0 Å². The van der Waals surface area contributed by atoms with Crippen molar-refractivity contribution in [1.82, 2.24) is 0 Å². The average Bonchev–Trinajstić information content (AvgIpc) is 1.27. The number of alkyl halides is 4. The summed E-state index contributed by atoms with van der Waals surface area (Å²) in [6.07, 6.45) is 0. The summed E-state index contributed by atoms with van der Waals surface area (Å²) in [5.41, 5.74) is 0. The molecule has 0 aliphatic carbocycles. The molecule has 0 aromatic heterocycles. The summed E-state index contributed by atoms with van der Waals surface area (Å²) in [4.78, 5) is -3.49. The number of halogens is 4. The molecule has 0 saturated heterocycles. The van der Waals surface area contributed by atoms with E-state index in [4.69, 9.17) is 0 Å². The Morgan fingerprint density at radius 2 is 1.43 bits per heavy atom. The summed E-state index contributed by atoms with van der Waals surface area (Å²) in [6.45, 7) is 0. The Bertz CT molecular complexity index is 43.0. The highest BCUT2D eigenvalue weighted by molar-refractivity contribution is 8.02. The second kappa shape index (κ2) is 3.75. The molecule has 0 spiro atoms. The molecule has 0 radical (unpaired) electrons. The van der Waals surface area contributed by atoms with E-state index in [2.05, 4.69) is 23.2 Å². The van der Waals surface area contributed by atoms with E-state index in [0.717, 1.165) is 0 Å². The Balaban J connectivity index is 2.95. The van der Waals surface area contributed by atoms with Crippen LogP contribution in [0.5, 0.6) is 0 Å². The maximum absolute atomic E-state index is 11.4. The summed E-state index contributed by atoms with van der Waals surface area (Å²) >= 11 is 9.50. The van der Waals surface area contributed by atoms with E-state index < -0.39 is 9.93 Å². The fourth-order valence-corrected chi connectivity index (χ4v) is 0.933. The predicted octanol–water partition coefficient (Wildman–Crippen LogP) is 2.70. The van der Waals surface area contributed by atoms with Gasteiger partial charge < -0.3 is 0 Å². The van der Waals surface area contributed by atoms with Crippen LogP contribution in [-0.2, 0) is 0 Å². The molecule has 0 saturated carbocycles. The molecule has 0 aromatic carbocycles. The van der Waals surface area contributed by atoms with Crippen LogP contribution >= 0.6 is 35.0 Å². The van der Waals surface area contributed by atoms with E-state index >= 15 is 0 Å². The second-order valence-corrected chi connectivity index (χ2v) is 3.04. The van der Waals surface area contributed by atoms with Crippen molar-refractivity contribution in [2.45, 2.75) is 9.93 Å². The van der Waals surface area contributed by atoms with Gasteiger partial charge >= 0.3 is 0 Å². The van der Waals surface area contributed by atoms with Gasteiger partial charge in [-0.05, 0) is 0 Å². The highest BCUT2D eigenvalue weighted by Gasteiger charge is 2.07. The maximum Gasteiger partial charge on any atom is 0.223 e. The number of rotatable bonds is 2. The highest BCUT2D eigenvalue weighted by Crippen LogP contribution is 2.25. The molecule has 0 N–H and O–H groups in total. The fraction of sp³-hybridized carbons (Fsp3) is 1.00. The van der Waals surface area contributed by atoms with Crippen LogP contribution in [0.1, 0.15) is 0 Å². The van der Waals surface area contributed by atoms with Crippen LogP contribution in [0.25, 0.3) is 0 Å². The van der Waals surface area contributed by atoms with E-state index in [1.165, 1.54) is 0 Å². The van der Waals surface area contributed by atoms with Gasteiger partial charge in [-0.25, -0.2) is 8.78 Å². The molecule has 44 valence electrons. The Kier molecular flexibility index (Phi) is 4.17. The minimum absolute atomic E-state index is 0.207. The van der Waals surface area contributed by atoms with Gasteiger partial charge in [0.2, 0.25) is 9.93 Å². The van der Waals surface area contributed by atoms with Gasteiger partial charge in [0.15, 0.2) is 0 Å². The van der Waals surface area contributed by atoms with Crippen molar-refractivity contribution in [2.24, 2.45) is 0 Å². The van der Waals surface area contributed by atoms with Gasteiger partial charge in [-0.3, -0.25) is 0 Å². The standard InChI is InChI=1S/C2H2Cl2F2S/c3-1(5)7-2(4)6/h1-2H. The van der Waals surface area contributed by atoms with Crippen molar-refractivity contribution in [3.63, 3.8) is 0 Å². The predicted molar refractivity (Wildman–Crippen MR) is 29.1 cm³/mol. The van der Waals surface area contributed by atoms with Crippen LogP contribution in [0, 0.1) is 0 Å². The lowest BCUT2D eigenvalue weighted by molar-refractivity contribution is 0.531. The first-order chi connectivity index (χ1) is 3.13. The Labute approximate surface area is 54.2 Å². The van der Waals surface area contributed by atoms with Crippen LogP contribution in [-0.4, -0.2) is 9.93 Å². The molecule has 2 atom stereocenters. The summed E-state index contributed by atoms with van der Waals surface area (Å²) in [7, 11) is 0. The lowest BCUT2D eigenvalue weighted by Crippen LogP contribution is -1.84.